The van der Waals surface area contributed by atoms with Crippen LogP contribution in [0.2, 0.25) is 0 Å². The SMILES string of the molecule is O=C(Nc1ccc2c(c1)OC(F)(F)C(F)(F)O2)c1cn[nH]c1NCc1ccnc(NCC(O)CO)c1. The topological polar surface area (TPSA) is 154 Å². The van der Waals surface area contributed by atoms with Crippen LogP contribution in [0, 0.1) is 0 Å². The molecule has 192 valence electrons. The number of aromatic nitrogens is 3. The van der Waals surface area contributed by atoms with Gasteiger partial charge in [0.1, 0.15) is 17.2 Å². The number of halogens is 4. The van der Waals surface area contributed by atoms with Gasteiger partial charge in [0.25, 0.3) is 5.91 Å². The van der Waals surface area contributed by atoms with E-state index in [1.165, 1.54) is 18.5 Å². The summed E-state index contributed by atoms with van der Waals surface area (Å²) in [7, 11) is 0. The van der Waals surface area contributed by atoms with Crippen molar-refractivity contribution in [3.8, 4) is 11.5 Å². The van der Waals surface area contributed by atoms with Crippen LogP contribution in [-0.2, 0) is 6.54 Å². The van der Waals surface area contributed by atoms with E-state index < -0.39 is 42.3 Å². The average Bonchev–Trinajstić information content (AvgIpc) is 3.31. The molecule has 2 aromatic heterocycles. The zero-order valence-electron chi connectivity index (χ0n) is 18.3. The van der Waals surface area contributed by atoms with Crippen LogP contribution in [0.3, 0.4) is 0 Å². The molecule has 1 amide bonds. The van der Waals surface area contributed by atoms with Crippen molar-refractivity contribution in [2.24, 2.45) is 0 Å². The number of pyridine rings is 1. The number of ether oxygens (including phenoxy) is 2. The highest BCUT2D eigenvalue weighted by molar-refractivity contribution is 6.07. The molecule has 15 heteroatoms. The third-order valence-electron chi connectivity index (χ3n) is 4.92. The predicted octanol–water partition coefficient (Wildman–Crippen LogP) is 2.39. The number of aromatic amines is 1. The number of hydrogen-bond acceptors (Lipinski definition) is 9. The number of aliphatic hydroxyl groups is 2. The van der Waals surface area contributed by atoms with Crippen LogP contribution in [0.1, 0.15) is 15.9 Å². The molecule has 0 fully saturated rings. The maximum absolute atomic E-state index is 13.4. The molecule has 1 aliphatic rings. The molecule has 6 N–H and O–H groups in total. The number of nitrogens with one attached hydrogen (secondary N) is 4. The van der Waals surface area contributed by atoms with Crippen molar-refractivity contribution < 1.29 is 42.0 Å². The first kappa shape index (κ1) is 25.0. The monoisotopic (exact) mass is 512 g/mol. The Morgan fingerprint density at radius 1 is 1.08 bits per heavy atom. The Labute approximate surface area is 200 Å². The van der Waals surface area contributed by atoms with Crippen molar-refractivity contribution in [2.75, 3.05) is 29.1 Å². The Bertz CT molecular complexity index is 1240. The lowest BCUT2D eigenvalue weighted by atomic mass is 10.2. The highest BCUT2D eigenvalue weighted by atomic mass is 19.3. The van der Waals surface area contributed by atoms with Crippen molar-refractivity contribution in [1.82, 2.24) is 15.2 Å². The Kier molecular flexibility index (Phi) is 6.85. The van der Waals surface area contributed by atoms with E-state index in [9.17, 15) is 27.5 Å². The molecule has 3 aromatic rings. The molecule has 0 spiro atoms. The van der Waals surface area contributed by atoms with Crippen molar-refractivity contribution in [3.63, 3.8) is 0 Å². The molecule has 0 radical (unpaired) electrons. The molecule has 0 aliphatic carbocycles. The number of carbonyl (C=O) groups excluding carboxylic acids is 1. The third kappa shape index (κ3) is 5.41. The smallest absolute Gasteiger partial charge is 0.421 e. The van der Waals surface area contributed by atoms with Gasteiger partial charge in [0.05, 0.1) is 18.9 Å². The zero-order chi connectivity index (χ0) is 25.9. The number of amides is 1. The van der Waals surface area contributed by atoms with Crippen LogP contribution >= 0.6 is 0 Å². The third-order valence-corrected chi connectivity index (χ3v) is 4.92. The van der Waals surface area contributed by atoms with Crippen LogP contribution in [0.25, 0.3) is 0 Å². The molecule has 1 aliphatic heterocycles. The standard InChI is InChI=1S/C21H20F4N6O5/c22-20(23)21(24,25)36-16-6-12(1-2-15(16)35-20)30-19(34)14-9-29-31-18(14)28-7-11-3-4-26-17(5-11)27-8-13(33)10-32/h1-6,9,13,32-33H,7-8,10H2,(H,26,27)(H,30,34)(H2,28,29,31). The van der Waals surface area contributed by atoms with Crippen molar-refractivity contribution in [3.05, 3.63) is 53.9 Å². The molecular formula is C21H20F4N6O5. The fourth-order valence-electron chi connectivity index (χ4n) is 3.09. The molecule has 4 rings (SSSR count). The first-order valence-corrected chi connectivity index (χ1v) is 10.4. The molecule has 1 aromatic carbocycles. The lowest BCUT2D eigenvalue weighted by Gasteiger charge is -2.31. The summed E-state index contributed by atoms with van der Waals surface area (Å²) in [5, 5.41) is 33.1. The first-order valence-electron chi connectivity index (χ1n) is 10.4. The highest BCUT2D eigenvalue weighted by Gasteiger charge is 2.65. The normalized spacial score (nSPS) is 16.2. The van der Waals surface area contributed by atoms with E-state index in [2.05, 4.69) is 40.6 Å². The average molecular weight is 512 g/mol. The number of hydrogen-bond donors (Lipinski definition) is 6. The van der Waals surface area contributed by atoms with Crippen molar-refractivity contribution in [2.45, 2.75) is 24.9 Å². The van der Waals surface area contributed by atoms with Crippen LogP contribution in [-0.4, -0.2) is 62.8 Å². The van der Waals surface area contributed by atoms with Gasteiger partial charge in [-0.1, -0.05) is 0 Å². The molecule has 1 unspecified atom stereocenters. The Morgan fingerprint density at radius 2 is 1.83 bits per heavy atom. The van der Waals surface area contributed by atoms with Gasteiger partial charge in [-0.3, -0.25) is 9.89 Å². The van der Waals surface area contributed by atoms with Crippen molar-refractivity contribution in [1.29, 1.82) is 0 Å². The second-order valence-electron chi connectivity index (χ2n) is 7.63. The summed E-state index contributed by atoms with van der Waals surface area (Å²) in [4.78, 5) is 16.8. The highest BCUT2D eigenvalue weighted by Crippen LogP contribution is 2.47. The summed E-state index contributed by atoms with van der Waals surface area (Å²) in [5.41, 5.74) is 0.835. The molecular weight excluding hydrogens is 492 g/mol. The lowest BCUT2D eigenvalue weighted by Crippen LogP contribution is -2.52. The minimum atomic E-state index is -4.88. The quantitative estimate of drug-likeness (QED) is 0.237. The van der Waals surface area contributed by atoms with E-state index in [-0.39, 0.29) is 30.2 Å². The Morgan fingerprint density at radius 3 is 2.58 bits per heavy atom. The van der Waals surface area contributed by atoms with Gasteiger partial charge in [0.15, 0.2) is 11.5 Å². The Hall–Kier alpha value is -4.11. The van der Waals surface area contributed by atoms with E-state index >= 15 is 0 Å². The van der Waals surface area contributed by atoms with Crippen molar-refractivity contribution >= 4 is 23.2 Å². The van der Waals surface area contributed by atoms with Gasteiger partial charge in [-0.2, -0.15) is 22.7 Å². The van der Waals surface area contributed by atoms with Gasteiger partial charge >= 0.3 is 12.2 Å². The number of fused-ring (bicyclic) bond motifs is 1. The number of anilines is 3. The summed E-state index contributed by atoms with van der Waals surface area (Å²) < 4.78 is 61.6. The number of rotatable bonds is 9. The molecule has 36 heavy (non-hydrogen) atoms. The minimum Gasteiger partial charge on any atom is -0.421 e. The van der Waals surface area contributed by atoms with Crippen LogP contribution < -0.4 is 25.4 Å². The van der Waals surface area contributed by atoms with Gasteiger partial charge in [-0.05, 0) is 29.8 Å². The molecule has 3 heterocycles. The van der Waals surface area contributed by atoms with Gasteiger partial charge in [0, 0.05) is 31.0 Å². The number of aliphatic hydroxyl groups excluding tert-OH is 2. The van der Waals surface area contributed by atoms with Crippen LogP contribution in [0.5, 0.6) is 11.5 Å². The largest absolute Gasteiger partial charge is 0.507 e. The van der Waals surface area contributed by atoms with Gasteiger partial charge < -0.3 is 35.6 Å². The van der Waals surface area contributed by atoms with Crippen LogP contribution in [0.15, 0.2) is 42.7 Å². The van der Waals surface area contributed by atoms with Gasteiger partial charge in [-0.15, -0.1) is 0 Å². The van der Waals surface area contributed by atoms with E-state index in [0.29, 0.717) is 5.82 Å². The van der Waals surface area contributed by atoms with Crippen LogP contribution in [0.4, 0.5) is 34.9 Å². The van der Waals surface area contributed by atoms with Gasteiger partial charge in [0.2, 0.25) is 0 Å². The molecule has 0 bridgehead atoms. The van der Waals surface area contributed by atoms with E-state index in [0.717, 1.165) is 17.7 Å². The predicted molar refractivity (Wildman–Crippen MR) is 117 cm³/mol. The number of benzene rings is 1. The second kappa shape index (κ2) is 9.87. The maximum Gasteiger partial charge on any atom is 0.507 e. The first-order chi connectivity index (χ1) is 17.1. The Balaban J connectivity index is 1.40. The fraction of sp³-hybridized carbons (Fsp3) is 0.286. The molecule has 1 atom stereocenters. The van der Waals surface area contributed by atoms with E-state index in [1.54, 1.807) is 12.1 Å². The van der Waals surface area contributed by atoms with E-state index in [1.807, 2.05) is 0 Å². The lowest BCUT2D eigenvalue weighted by molar-refractivity contribution is -0.391. The number of alkyl halides is 4. The minimum absolute atomic E-state index is 0.00886. The number of carbonyl (C=O) groups is 1. The summed E-state index contributed by atoms with van der Waals surface area (Å²) in [6, 6.07) is 6.50. The second-order valence-corrected chi connectivity index (χ2v) is 7.63. The molecule has 11 nitrogen and oxygen atoms in total. The number of H-pyrrole nitrogens is 1. The number of nitrogens with zero attached hydrogens (tertiary/aromatic N) is 2. The zero-order valence-corrected chi connectivity index (χ0v) is 18.3. The molecule has 0 saturated carbocycles. The maximum atomic E-state index is 13.4. The fourth-order valence-corrected chi connectivity index (χ4v) is 3.09. The summed E-state index contributed by atoms with van der Waals surface area (Å²) >= 11 is 0. The summed E-state index contributed by atoms with van der Waals surface area (Å²) in [6.45, 7) is -0.0473. The summed E-state index contributed by atoms with van der Waals surface area (Å²) in [5.74, 6) is -1.23. The van der Waals surface area contributed by atoms with E-state index in [4.69, 9.17) is 5.11 Å². The molecule has 0 saturated heterocycles. The van der Waals surface area contributed by atoms with Gasteiger partial charge in [-0.25, -0.2) is 4.98 Å². The summed E-state index contributed by atoms with van der Waals surface area (Å²) in [6.07, 6.45) is -7.89.